The fourth-order valence-electron chi connectivity index (χ4n) is 5.10. The van der Waals surface area contributed by atoms with Crippen LogP contribution in [0, 0.1) is 19.8 Å². The van der Waals surface area contributed by atoms with Gasteiger partial charge in [-0.25, -0.2) is 0 Å². The Morgan fingerprint density at radius 3 is 1.93 bits per heavy atom. The molecule has 1 aliphatic heterocycles. The first-order chi connectivity index (χ1) is 13.1. The third-order valence-electron chi connectivity index (χ3n) is 6.59. The first-order valence-corrected chi connectivity index (χ1v) is 18.0. The Hall–Kier alpha value is -0.0571. The predicted octanol–water partition coefficient (Wildman–Crippen LogP) is 7.77. The normalized spacial score (nSPS) is 15.7. The van der Waals surface area contributed by atoms with Crippen molar-refractivity contribution in [3.63, 3.8) is 0 Å². The molecule has 0 nitrogen and oxygen atoms in total. The zero-order valence-corrected chi connectivity index (χ0v) is 21.9. The van der Waals surface area contributed by atoms with Crippen molar-refractivity contribution in [2.45, 2.75) is 96.5 Å². The average molecular weight is 463 g/mol. The van der Waals surface area contributed by atoms with Gasteiger partial charge in [0.1, 0.15) is 0 Å². The summed E-state index contributed by atoms with van der Waals surface area (Å²) in [6.45, 7) is 11.8. The number of hydrogen-bond donors (Lipinski definition) is 0. The van der Waals surface area contributed by atoms with Crippen LogP contribution in [0.1, 0.15) is 81.9 Å². The van der Waals surface area contributed by atoms with Gasteiger partial charge >= 0.3 is 179 Å². The molecule has 0 fully saturated rings. The summed E-state index contributed by atoms with van der Waals surface area (Å²) in [7, 11) is 0. The summed E-state index contributed by atoms with van der Waals surface area (Å²) in [6.07, 6.45) is 11.2. The maximum absolute atomic E-state index is 2.63. The van der Waals surface area contributed by atoms with E-state index in [-0.39, 0.29) is 0 Å². The van der Waals surface area contributed by atoms with Gasteiger partial charge in [0.05, 0.1) is 0 Å². The molecule has 2 aromatic heterocycles. The number of rotatable bonds is 11. The van der Waals surface area contributed by atoms with Crippen molar-refractivity contribution >= 4 is 44.7 Å². The first kappa shape index (κ1) is 21.6. The van der Waals surface area contributed by atoms with Gasteiger partial charge in [-0.3, -0.25) is 0 Å². The monoisotopic (exact) mass is 464 g/mol. The second kappa shape index (κ2) is 9.63. The number of thiophene rings is 2. The third-order valence-corrected chi connectivity index (χ3v) is 20.8. The molecule has 1 aliphatic rings. The minimum atomic E-state index is -2.26. The number of aryl methyl sites for hydroxylation is 2. The van der Waals surface area contributed by atoms with E-state index in [0.29, 0.717) is 0 Å². The molecule has 0 saturated carbocycles. The molecule has 1 unspecified atom stereocenters. The molecule has 0 aromatic carbocycles. The van der Waals surface area contributed by atoms with Crippen LogP contribution in [0.5, 0.6) is 0 Å². The van der Waals surface area contributed by atoms with E-state index in [1.54, 1.807) is 24.8 Å². The van der Waals surface area contributed by atoms with E-state index in [1.165, 1.54) is 56.6 Å². The number of unbranched alkanes of at least 4 members (excludes halogenated alkanes) is 4. The molecular weight excluding hydrogens is 425 g/mol. The summed E-state index contributed by atoms with van der Waals surface area (Å²) < 4.78 is 3.76. The van der Waals surface area contributed by atoms with E-state index < -0.39 is 13.3 Å². The Balaban J connectivity index is 2.00. The van der Waals surface area contributed by atoms with E-state index in [2.05, 4.69) is 69.4 Å². The van der Waals surface area contributed by atoms with Gasteiger partial charge in [0.2, 0.25) is 0 Å². The molecule has 0 N–H and O–H groups in total. The van der Waals surface area contributed by atoms with Gasteiger partial charge in [0.15, 0.2) is 0 Å². The van der Waals surface area contributed by atoms with Crippen LogP contribution in [0.2, 0.25) is 10.5 Å². The molecule has 0 saturated heterocycles. The number of fused-ring (bicyclic) bond motifs is 3. The molecule has 27 heavy (non-hydrogen) atoms. The Morgan fingerprint density at radius 2 is 1.41 bits per heavy atom. The standard InChI is InChI=1S/C24H38GeS2/c1-6-9-11-12-14-25(17-20(8-3)13-10-7-2)21-15-18(4)26-23(21)24-22(25)16-19(5)27-24/h15-16,20H,6-14,17H2,1-5H3. The van der Waals surface area contributed by atoms with E-state index in [4.69, 9.17) is 0 Å². The first-order valence-electron chi connectivity index (χ1n) is 11.3. The fraction of sp³-hybridized carbons (Fsp3) is 0.667. The fourth-order valence-corrected chi connectivity index (χ4v) is 23.0. The van der Waals surface area contributed by atoms with Gasteiger partial charge in [-0.2, -0.15) is 0 Å². The van der Waals surface area contributed by atoms with Crippen molar-refractivity contribution in [1.29, 1.82) is 0 Å². The molecule has 3 rings (SSSR count). The zero-order chi connectivity index (χ0) is 19.4. The van der Waals surface area contributed by atoms with E-state index >= 15 is 0 Å². The van der Waals surface area contributed by atoms with Crippen molar-refractivity contribution in [3.8, 4) is 9.75 Å². The van der Waals surface area contributed by atoms with Gasteiger partial charge in [-0.05, 0) is 0 Å². The van der Waals surface area contributed by atoms with Crippen LogP contribution >= 0.6 is 22.7 Å². The van der Waals surface area contributed by atoms with Gasteiger partial charge in [-0.15, -0.1) is 0 Å². The summed E-state index contributed by atoms with van der Waals surface area (Å²) in [5, 5.41) is 3.09. The number of hydrogen-bond acceptors (Lipinski definition) is 2. The molecule has 0 amide bonds. The van der Waals surface area contributed by atoms with E-state index in [0.717, 1.165) is 5.92 Å². The van der Waals surface area contributed by atoms with Crippen molar-refractivity contribution in [2.24, 2.45) is 5.92 Å². The quantitative estimate of drug-likeness (QED) is 0.236. The van der Waals surface area contributed by atoms with Crippen LogP contribution in [0.3, 0.4) is 0 Å². The van der Waals surface area contributed by atoms with Crippen molar-refractivity contribution < 1.29 is 0 Å². The molecule has 150 valence electrons. The Kier molecular flexibility index (Phi) is 7.72. The zero-order valence-electron chi connectivity index (χ0n) is 18.1. The molecule has 0 aliphatic carbocycles. The van der Waals surface area contributed by atoms with E-state index in [9.17, 15) is 0 Å². The van der Waals surface area contributed by atoms with Crippen LogP contribution in [-0.4, -0.2) is 13.3 Å². The summed E-state index contributed by atoms with van der Waals surface area (Å²) in [5.74, 6) is 0.940. The summed E-state index contributed by atoms with van der Waals surface area (Å²) in [4.78, 5) is 6.48. The molecule has 0 radical (unpaired) electrons. The van der Waals surface area contributed by atoms with Gasteiger partial charge < -0.3 is 0 Å². The second-order valence-corrected chi connectivity index (χ2v) is 19.9. The van der Waals surface area contributed by atoms with Gasteiger partial charge in [0, 0.05) is 0 Å². The minimum absolute atomic E-state index is 0.940. The summed E-state index contributed by atoms with van der Waals surface area (Å²) >= 11 is 1.92. The third kappa shape index (κ3) is 4.43. The maximum atomic E-state index is 2.63. The molecular formula is C24H38GeS2. The SMILES string of the molecule is CCCCC[CH2][Ge]1([CH2]C(CC)CCCC)[c]2cc(C)sc2-c2sc(C)c[c]21. The van der Waals surface area contributed by atoms with Gasteiger partial charge in [0.25, 0.3) is 0 Å². The molecule has 0 bridgehead atoms. The molecule has 1 atom stereocenters. The van der Waals surface area contributed by atoms with Crippen LogP contribution in [-0.2, 0) is 0 Å². The second-order valence-electron chi connectivity index (χ2n) is 8.71. The summed E-state index contributed by atoms with van der Waals surface area (Å²) in [6, 6.07) is 5.27. The Bertz CT molecular complexity index is 693. The molecule has 3 heteroatoms. The van der Waals surface area contributed by atoms with Crippen molar-refractivity contribution in [3.05, 3.63) is 21.9 Å². The molecule has 0 spiro atoms. The topological polar surface area (TPSA) is 0 Å². The Morgan fingerprint density at radius 1 is 0.815 bits per heavy atom. The van der Waals surface area contributed by atoms with Crippen LogP contribution < -0.4 is 8.79 Å². The Labute approximate surface area is 178 Å². The van der Waals surface area contributed by atoms with E-state index in [1.807, 2.05) is 8.79 Å². The molecule has 2 aromatic rings. The molecule has 3 heterocycles. The average Bonchev–Trinajstić information content (AvgIpc) is 3.28. The predicted molar refractivity (Wildman–Crippen MR) is 129 cm³/mol. The summed E-state index contributed by atoms with van der Waals surface area (Å²) in [5.41, 5.74) is 0. The van der Waals surface area contributed by atoms with Crippen LogP contribution in [0.15, 0.2) is 12.1 Å². The van der Waals surface area contributed by atoms with Crippen LogP contribution in [0.25, 0.3) is 9.75 Å². The van der Waals surface area contributed by atoms with Crippen molar-refractivity contribution in [1.82, 2.24) is 0 Å². The van der Waals surface area contributed by atoms with Crippen LogP contribution in [0.4, 0.5) is 0 Å². The van der Waals surface area contributed by atoms with Gasteiger partial charge in [-0.1, -0.05) is 0 Å². The van der Waals surface area contributed by atoms with Crippen molar-refractivity contribution in [2.75, 3.05) is 0 Å².